The number of fused-ring (bicyclic) bond motifs is 8. The van der Waals surface area contributed by atoms with Gasteiger partial charge in [-0.15, -0.1) is 0 Å². The molecule has 0 radical (unpaired) electrons. The van der Waals surface area contributed by atoms with Crippen molar-refractivity contribution >= 4 is 36.1 Å². The number of unbranched alkanes of at least 4 members (excludes halogenated alkanes) is 1. The third-order valence-electron chi connectivity index (χ3n) is 11.4. The summed E-state index contributed by atoms with van der Waals surface area (Å²) < 4.78 is 66.1. The van der Waals surface area contributed by atoms with Gasteiger partial charge in [0.1, 0.15) is 0 Å². The molecule has 308 valence electrons. The zero-order chi connectivity index (χ0) is 38.7. The average Bonchev–Trinajstić information content (AvgIpc) is 3.99. The van der Waals surface area contributed by atoms with Gasteiger partial charge in [-0.05, 0) is 0 Å². The van der Waals surface area contributed by atoms with Crippen LogP contribution >= 0.6 is 7.06 Å². The van der Waals surface area contributed by atoms with Crippen LogP contribution < -0.4 is 72.4 Å². The predicted molar refractivity (Wildman–Crippen MR) is 221 cm³/mol. The summed E-state index contributed by atoms with van der Waals surface area (Å²) in [6, 6.07) is 34.1. The van der Waals surface area contributed by atoms with Crippen LogP contribution in [-0.4, -0.2) is 100 Å². The molecule has 9 rings (SSSR count). The van der Waals surface area contributed by atoms with Crippen LogP contribution in [0.15, 0.2) is 97.1 Å². The van der Waals surface area contributed by atoms with E-state index in [1.807, 2.05) is 0 Å². The molecular weight excluding hydrogens is 803 g/mol. The summed E-state index contributed by atoms with van der Waals surface area (Å²) in [5.41, 5.74) is 4.83. The van der Waals surface area contributed by atoms with E-state index in [1.54, 1.807) is 0 Å². The third-order valence-corrected chi connectivity index (χ3v) is 21.6. The van der Waals surface area contributed by atoms with Gasteiger partial charge in [0.25, 0.3) is 0 Å². The van der Waals surface area contributed by atoms with Gasteiger partial charge in [0.15, 0.2) is 0 Å². The van der Waals surface area contributed by atoms with Crippen LogP contribution in [0.3, 0.4) is 0 Å². The van der Waals surface area contributed by atoms with Crippen LogP contribution in [0.2, 0.25) is 0 Å². The van der Waals surface area contributed by atoms with Gasteiger partial charge in [-0.25, -0.2) is 0 Å². The number of hydrogen-bond donors (Lipinski definition) is 0. The quantitative estimate of drug-likeness (QED) is 0.161. The minimum absolute atomic E-state index is 0. The van der Waals surface area contributed by atoms with E-state index in [9.17, 15) is 0 Å². The van der Waals surface area contributed by atoms with E-state index in [4.69, 9.17) is 50.7 Å². The molecule has 5 aliphatic rings. The summed E-state index contributed by atoms with van der Waals surface area (Å²) >= 11 is 0. The van der Waals surface area contributed by atoms with E-state index in [0.29, 0.717) is 112 Å². The topological polar surface area (TPSA) is 102 Å². The van der Waals surface area contributed by atoms with Gasteiger partial charge in [0.2, 0.25) is 0 Å². The molecule has 0 saturated carbocycles. The number of hydrogen-bond acceptors (Lipinski definition) is 11. The van der Waals surface area contributed by atoms with Crippen LogP contribution in [0.4, 0.5) is 0 Å². The van der Waals surface area contributed by atoms with Crippen molar-refractivity contribution in [3.05, 3.63) is 119 Å². The molecule has 2 spiro atoms. The van der Waals surface area contributed by atoms with E-state index in [-0.39, 0.29) is 51.4 Å². The maximum atomic E-state index is 6.99. The number of benzene rings is 4. The minimum atomic E-state index is -3.99. The van der Waals surface area contributed by atoms with Gasteiger partial charge >= 0.3 is 281 Å². The standard InChI is InChI=1S/C32H32O5PSi.C12H24O6.K/c1-5-15-29-25(11-1)21-33-38(29,30-16-6-2-12-26(30)22-34-38)20-10-9-19-35-39(31-17-7-3-13-27(31)23-36-39)32-18-8-4-14-28(32)24-37-39;1-2-14-5-6-16-9-10-18-12-11-17-8-7-15-4-3-13-1;/h1-8,11-18H,9-10,19-24H2;1-12H2;/q-1;;+1. The second-order valence-corrected chi connectivity index (χ2v) is 22.9. The molecule has 11 nitrogen and oxygen atoms in total. The molecule has 0 atom stereocenters. The third kappa shape index (κ3) is 8.97. The summed E-state index contributed by atoms with van der Waals surface area (Å²) in [5, 5.41) is 4.74. The Labute approximate surface area is 385 Å². The van der Waals surface area contributed by atoms with E-state index >= 15 is 0 Å². The van der Waals surface area contributed by atoms with Crippen LogP contribution in [0, 0.1) is 0 Å². The molecule has 0 amide bonds. The van der Waals surface area contributed by atoms with Gasteiger partial charge in [-0.3, -0.25) is 0 Å². The molecule has 4 aromatic rings. The fourth-order valence-corrected chi connectivity index (χ4v) is 19.2. The SMILES string of the molecule is C1COCCOCCOCCOCCOCCO1.[K+].c1ccc2c(c1)CO[Si-]21(OCCCCP23(OCc4ccccc42)OCc2ccccc23)OCc2ccccc21. The van der Waals surface area contributed by atoms with E-state index < -0.39 is 15.1 Å². The molecule has 0 bridgehead atoms. The van der Waals surface area contributed by atoms with Crippen molar-refractivity contribution in [1.29, 1.82) is 0 Å². The molecule has 14 heteroatoms. The van der Waals surface area contributed by atoms with Crippen LogP contribution in [0.5, 0.6) is 0 Å². The Hall–Kier alpha value is -1.28. The Bertz CT molecular complexity index is 1650. The predicted octanol–water partition coefficient (Wildman–Crippen LogP) is 1.75. The first-order chi connectivity index (χ1) is 28.2. The van der Waals surface area contributed by atoms with Gasteiger partial charge in [-0.1, -0.05) is 0 Å². The molecule has 5 heterocycles. The van der Waals surface area contributed by atoms with E-state index in [2.05, 4.69) is 97.1 Å². The van der Waals surface area contributed by atoms with E-state index in [0.717, 1.165) is 29.4 Å². The summed E-state index contributed by atoms with van der Waals surface area (Å²) in [6.45, 7) is 9.83. The monoisotopic (exact) mass is 858 g/mol. The number of rotatable bonds is 6. The number of ether oxygens (including phenoxy) is 6. The van der Waals surface area contributed by atoms with Crippen molar-refractivity contribution in [2.75, 3.05) is 92.1 Å². The molecule has 0 N–H and O–H groups in total. The van der Waals surface area contributed by atoms with Gasteiger partial charge in [0, 0.05) is 0 Å². The Balaban J connectivity index is 0.000000230. The van der Waals surface area contributed by atoms with Gasteiger partial charge in [0.05, 0.1) is 79.3 Å². The zero-order valence-corrected chi connectivity index (χ0v) is 38.8. The van der Waals surface area contributed by atoms with Crippen molar-refractivity contribution in [2.45, 2.75) is 39.3 Å². The molecule has 4 aromatic carbocycles. The first-order valence-electron chi connectivity index (χ1n) is 20.4. The fraction of sp³-hybridized carbons (Fsp3) is 0.455. The molecule has 5 aliphatic heterocycles. The molecule has 0 unspecified atom stereocenters. The fourth-order valence-electron chi connectivity index (χ4n) is 8.74. The molecule has 1 fully saturated rings. The van der Waals surface area contributed by atoms with Crippen LogP contribution in [0.1, 0.15) is 35.1 Å². The summed E-state index contributed by atoms with van der Waals surface area (Å²) in [6.07, 6.45) is 2.62. The zero-order valence-electron chi connectivity index (χ0n) is 33.8. The van der Waals surface area contributed by atoms with Crippen molar-refractivity contribution in [2.24, 2.45) is 0 Å². The molecule has 0 aromatic heterocycles. The summed E-state index contributed by atoms with van der Waals surface area (Å²) in [5.74, 6) is 0. The molecule has 0 aliphatic carbocycles. The van der Waals surface area contributed by atoms with Crippen molar-refractivity contribution in [1.82, 2.24) is 0 Å². The average molecular weight is 859 g/mol. The summed E-state index contributed by atoms with van der Waals surface area (Å²) in [7, 11) is -7.20. The second-order valence-electron chi connectivity index (χ2n) is 14.8. The van der Waals surface area contributed by atoms with Crippen molar-refractivity contribution < 1.29 is 102 Å². The van der Waals surface area contributed by atoms with E-state index in [1.165, 1.54) is 32.9 Å². The van der Waals surface area contributed by atoms with Crippen LogP contribution in [0.25, 0.3) is 0 Å². The van der Waals surface area contributed by atoms with Crippen molar-refractivity contribution in [3.63, 3.8) is 0 Å². The molecule has 58 heavy (non-hydrogen) atoms. The Morgan fingerprint density at radius 2 is 0.793 bits per heavy atom. The normalized spacial score (nSPS) is 23.4. The Morgan fingerprint density at radius 1 is 0.431 bits per heavy atom. The first kappa shape index (κ1) is 44.8. The van der Waals surface area contributed by atoms with Crippen molar-refractivity contribution in [3.8, 4) is 0 Å². The summed E-state index contributed by atoms with van der Waals surface area (Å²) in [4.78, 5) is 0. The second kappa shape index (κ2) is 20.7. The van der Waals surface area contributed by atoms with Gasteiger partial charge < -0.3 is 28.4 Å². The molecule has 1 saturated heterocycles. The Kier molecular flexibility index (Phi) is 16.0. The Morgan fingerprint density at radius 3 is 1.21 bits per heavy atom. The molecular formula is C44H56KO11PSi. The maximum absolute atomic E-state index is 6.99. The van der Waals surface area contributed by atoms with Gasteiger partial charge in [-0.2, -0.15) is 0 Å². The van der Waals surface area contributed by atoms with Crippen LogP contribution in [-0.2, 0) is 77.2 Å². The first-order valence-corrected chi connectivity index (χ1v) is 24.9.